The molecule has 0 aromatic heterocycles. The molecule has 0 unspecified atom stereocenters. The SMILES string of the molecule is CCOC(=O)N1CCC(NC(=NC)NCCc2ccc(C)c(OC)c2)CC1.I. The van der Waals surface area contributed by atoms with Gasteiger partial charge in [0.2, 0.25) is 0 Å². The predicted molar refractivity (Wildman–Crippen MR) is 123 cm³/mol. The van der Waals surface area contributed by atoms with E-state index in [1.807, 2.05) is 13.8 Å². The molecular formula is C20H33IN4O3. The van der Waals surface area contributed by atoms with E-state index in [0.29, 0.717) is 25.7 Å². The molecule has 1 aliphatic rings. The largest absolute Gasteiger partial charge is 0.496 e. The Hall–Kier alpha value is -1.71. The van der Waals surface area contributed by atoms with Gasteiger partial charge in [-0.2, -0.15) is 0 Å². The van der Waals surface area contributed by atoms with Gasteiger partial charge in [-0.25, -0.2) is 4.79 Å². The minimum Gasteiger partial charge on any atom is -0.496 e. The number of hydrogen-bond donors (Lipinski definition) is 2. The zero-order valence-corrected chi connectivity index (χ0v) is 19.6. The number of rotatable bonds is 6. The number of halogens is 1. The molecule has 0 aliphatic carbocycles. The molecule has 7 nitrogen and oxygen atoms in total. The number of piperidine rings is 1. The van der Waals surface area contributed by atoms with E-state index in [0.717, 1.165) is 43.1 Å². The van der Waals surface area contributed by atoms with Gasteiger partial charge in [0.15, 0.2) is 5.96 Å². The number of methoxy groups -OCH3 is 1. The molecule has 1 aliphatic heterocycles. The normalized spacial score (nSPS) is 14.9. The summed E-state index contributed by atoms with van der Waals surface area (Å²) >= 11 is 0. The summed E-state index contributed by atoms with van der Waals surface area (Å²) in [6.07, 6.45) is 2.44. The summed E-state index contributed by atoms with van der Waals surface area (Å²) in [6.45, 7) is 6.48. The Labute approximate surface area is 185 Å². The lowest BCUT2D eigenvalue weighted by Crippen LogP contribution is -2.50. The number of carbonyl (C=O) groups excluding carboxylic acids is 1. The number of nitrogens with one attached hydrogen (secondary N) is 2. The number of carbonyl (C=O) groups is 1. The first kappa shape index (κ1) is 24.3. The number of hydrogen-bond acceptors (Lipinski definition) is 4. The first-order valence-electron chi connectivity index (χ1n) is 9.59. The van der Waals surface area contributed by atoms with Crippen molar-refractivity contribution in [2.45, 2.75) is 39.2 Å². The van der Waals surface area contributed by atoms with Gasteiger partial charge in [0.25, 0.3) is 0 Å². The Morgan fingerprint density at radius 1 is 1.32 bits per heavy atom. The van der Waals surface area contributed by atoms with Crippen molar-refractivity contribution in [2.24, 2.45) is 4.99 Å². The number of likely N-dealkylation sites (tertiary alicyclic amines) is 1. The van der Waals surface area contributed by atoms with Gasteiger partial charge in [0.1, 0.15) is 5.75 Å². The third kappa shape index (κ3) is 7.37. The van der Waals surface area contributed by atoms with E-state index >= 15 is 0 Å². The van der Waals surface area contributed by atoms with Crippen molar-refractivity contribution >= 4 is 36.0 Å². The minimum atomic E-state index is -0.216. The van der Waals surface area contributed by atoms with Crippen molar-refractivity contribution in [3.05, 3.63) is 29.3 Å². The lowest BCUT2D eigenvalue weighted by atomic mass is 10.1. The van der Waals surface area contributed by atoms with E-state index in [1.165, 1.54) is 5.56 Å². The monoisotopic (exact) mass is 504 g/mol. The van der Waals surface area contributed by atoms with Gasteiger partial charge < -0.3 is 25.0 Å². The summed E-state index contributed by atoms with van der Waals surface area (Å²) in [4.78, 5) is 17.8. The highest BCUT2D eigenvalue weighted by Crippen LogP contribution is 2.19. The summed E-state index contributed by atoms with van der Waals surface area (Å²) < 4.78 is 10.4. The Morgan fingerprint density at radius 2 is 2.04 bits per heavy atom. The van der Waals surface area contributed by atoms with Crippen molar-refractivity contribution in [1.82, 2.24) is 15.5 Å². The van der Waals surface area contributed by atoms with Crippen LogP contribution in [0, 0.1) is 6.92 Å². The zero-order valence-electron chi connectivity index (χ0n) is 17.3. The number of guanidine groups is 1. The van der Waals surface area contributed by atoms with E-state index in [1.54, 1.807) is 19.1 Å². The number of nitrogens with zero attached hydrogens (tertiary/aromatic N) is 2. The Bertz CT molecular complexity index is 646. The molecule has 1 aromatic rings. The number of aliphatic imine (C=N–C) groups is 1. The molecule has 2 N–H and O–H groups in total. The van der Waals surface area contributed by atoms with Crippen molar-refractivity contribution in [2.75, 3.05) is 40.4 Å². The average molecular weight is 504 g/mol. The Morgan fingerprint density at radius 3 is 2.64 bits per heavy atom. The quantitative estimate of drug-likeness (QED) is 0.354. The van der Waals surface area contributed by atoms with Crippen LogP contribution in [0.2, 0.25) is 0 Å². The molecule has 158 valence electrons. The van der Waals surface area contributed by atoms with Crippen molar-refractivity contribution in [3.8, 4) is 5.75 Å². The van der Waals surface area contributed by atoms with Crippen molar-refractivity contribution < 1.29 is 14.3 Å². The molecule has 1 aromatic carbocycles. The fraction of sp³-hybridized carbons (Fsp3) is 0.600. The second-order valence-corrected chi connectivity index (χ2v) is 6.66. The van der Waals surface area contributed by atoms with Crippen molar-refractivity contribution in [1.29, 1.82) is 0 Å². The number of aryl methyl sites for hydroxylation is 1. The molecule has 0 atom stereocenters. The lowest BCUT2D eigenvalue weighted by Gasteiger charge is -2.32. The average Bonchev–Trinajstić information content (AvgIpc) is 2.69. The summed E-state index contributed by atoms with van der Waals surface area (Å²) in [6, 6.07) is 6.60. The number of ether oxygens (including phenoxy) is 2. The van der Waals surface area contributed by atoms with Gasteiger partial charge in [-0.1, -0.05) is 12.1 Å². The molecule has 1 saturated heterocycles. The lowest BCUT2D eigenvalue weighted by molar-refractivity contribution is 0.0963. The minimum absolute atomic E-state index is 0. The van der Waals surface area contributed by atoms with Crippen LogP contribution in [0.15, 0.2) is 23.2 Å². The number of amides is 1. The fourth-order valence-corrected chi connectivity index (χ4v) is 3.15. The molecule has 0 saturated carbocycles. The molecule has 8 heteroatoms. The molecule has 2 rings (SSSR count). The van der Waals surface area contributed by atoms with Crippen LogP contribution in [-0.4, -0.2) is 63.4 Å². The van der Waals surface area contributed by atoms with Crippen LogP contribution in [0.5, 0.6) is 5.75 Å². The predicted octanol–water partition coefficient (Wildman–Crippen LogP) is 2.95. The molecular weight excluding hydrogens is 471 g/mol. The molecule has 0 spiro atoms. The van der Waals surface area contributed by atoms with Gasteiger partial charge in [-0.15, -0.1) is 24.0 Å². The van der Waals surface area contributed by atoms with E-state index in [9.17, 15) is 4.79 Å². The summed E-state index contributed by atoms with van der Waals surface area (Å²) in [5.74, 6) is 1.71. The van der Waals surface area contributed by atoms with Crippen LogP contribution in [-0.2, 0) is 11.2 Å². The highest BCUT2D eigenvalue weighted by molar-refractivity contribution is 14.0. The molecule has 1 heterocycles. The standard InChI is InChI=1S/C20H32N4O3.HI/c1-5-27-20(25)24-12-9-17(10-13-24)23-19(21-3)22-11-8-16-7-6-15(2)18(14-16)26-4;/h6-7,14,17H,5,8-13H2,1-4H3,(H2,21,22,23);1H. The summed E-state index contributed by atoms with van der Waals surface area (Å²) in [5, 5.41) is 6.81. The van der Waals surface area contributed by atoms with Crippen LogP contribution in [0.3, 0.4) is 0 Å². The smallest absolute Gasteiger partial charge is 0.409 e. The zero-order chi connectivity index (χ0) is 19.6. The second kappa shape index (κ2) is 12.7. The fourth-order valence-electron chi connectivity index (χ4n) is 3.15. The van der Waals surface area contributed by atoms with Gasteiger partial charge >= 0.3 is 6.09 Å². The third-order valence-electron chi connectivity index (χ3n) is 4.76. The van der Waals surface area contributed by atoms with Crippen LogP contribution in [0.1, 0.15) is 30.9 Å². The van der Waals surface area contributed by atoms with Gasteiger partial charge in [0, 0.05) is 32.7 Å². The van der Waals surface area contributed by atoms with Crippen LogP contribution in [0.4, 0.5) is 4.79 Å². The highest BCUT2D eigenvalue weighted by atomic mass is 127. The van der Waals surface area contributed by atoms with Crippen LogP contribution < -0.4 is 15.4 Å². The molecule has 28 heavy (non-hydrogen) atoms. The molecule has 1 fully saturated rings. The maximum absolute atomic E-state index is 11.8. The molecule has 0 radical (unpaired) electrons. The summed E-state index contributed by atoms with van der Waals surface area (Å²) in [7, 11) is 3.47. The van der Waals surface area contributed by atoms with Crippen LogP contribution >= 0.6 is 24.0 Å². The highest BCUT2D eigenvalue weighted by Gasteiger charge is 2.23. The third-order valence-corrected chi connectivity index (χ3v) is 4.76. The van der Waals surface area contributed by atoms with Gasteiger partial charge in [-0.3, -0.25) is 4.99 Å². The van der Waals surface area contributed by atoms with E-state index in [2.05, 4.69) is 33.8 Å². The topological polar surface area (TPSA) is 75.2 Å². The first-order chi connectivity index (χ1) is 13.1. The number of benzene rings is 1. The second-order valence-electron chi connectivity index (χ2n) is 6.66. The maximum Gasteiger partial charge on any atom is 0.409 e. The molecule has 0 bridgehead atoms. The van der Waals surface area contributed by atoms with Gasteiger partial charge in [0.05, 0.1) is 13.7 Å². The first-order valence-corrected chi connectivity index (χ1v) is 9.59. The molecule has 1 amide bonds. The Kier molecular flexibility index (Phi) is 11.0. The van der Waals surface area contributed by atoms with Crippen LogP contribution in [0.25, 0.3) is 0 Å². The van der Waals surface area contributed by atoms with E-state index in [4.69, 9.17) is 9.47 Å². The maximum atomic E-state index is 11.8. The van der Waals surface area contributed by atoms with E-state index < -0.39 is 0 Å². The Balaban J connectivity index is 0.00000392. The van der Waals surface area contributed by atoms with Gasteiger partial charge in [-0.05, 0) is 50.3 Å². The van der Waals surface area contributed by atoms with Crippen molar-refractivity contribution in [3.63, 3.8) is 0 Å². The summed E-state index contributed by atoms with van der Waals surface area (Å²) in [5.41, 5.74) is 2.36. The van der Waals surface area contributed by atoms with E-state index in [-0.39, 0.29) is 30.1 Å².